The second-order valence-corrected chi connectivity index (χ2v) is 6.41. The molecule has 1 aliphatic rings. The largest absolute Gasteiger partial charge is 0.473 e. The molecular weight excluding hydrogens is 356 g/mol. The van der Waals surface area contributed by atoms with Crippen LogP contribution in [-0.2, 0) is 0 Å². The maximum absolute atomic E-state index is 12.7. The van der Waals surface area contributed by atoms with Gasteiger partial charge in [0.2, 0.25) is 5.88 Å². The Labute approximate surface area is 162 Å². The SMILES string of the molecule is O=C(Nc1cncnc1OC1CCNCC1)c1cccc(-c2ccncc2)n1. The van der Waals surface area contributed by atoms with Crippen LogP contribution < -0.4 is 15.4 Å². The summed E-state index contributed by atoms with van der Waals surface area (Å²) in [6.07, 6.45) is 8.19. The Hall–Kier alpha value is -3.39. The minimum Gasteiger partial charge on any atom is -0.473 e. The molecule has 1 saturated heterocycles. The van der Waals surface area contributed by atoms with E-state index < -0.39 is 0 Å². The zero-order valence-corrected chi connectivity index (χ0v) is 15.2. The molecule has 0 saturated carbocycles. The number of nitrogens with one attached hydrogen (secondary N) is 2. The van der Waals surface area contributed by atoms with E-state index in [4.69, 9.17) is 4.74 Å². The van der Waals surface area contributed by atoms with Crippen LogP contribution in [0, 0.1) is 0 Å². The van der Waals surface area contributed by atoms with Gasteiger partial charge in [0.05, 0.1) is 11.9 Å². The van der Waals surface area contributed by atoms with Gasteiger partial charge in [-0.25, -0.2) is 9.97 Å². The molecular formula is C20H20N6O2. The Morgan fingerprint density at radius 1 is 1.11 bits per heavy atom. The lowest BCUT2D eigenvalue weighted by molar-refractivity contribution is 0.102. The van der Waals surface area contributed by atoms with Gasteiger partial charge in [-0.2, -0.15) is 4.98 Å². The van der Waals surface area contributed by atoms with Gasteiger partial charge in [-0.1, -0.05) is 6.07 Å². The fourth-order valence-electron chi connectivity index (χ4n) is 3.00. The third kappa shape index (κ3) is 4.29. The van der Waals surface area contributed by atoms with Crippen LogP contribution in [0.3, 0.4) is 0 Å². The molecule has 2 N–H and O–H groups in total. The van der Waals surface area contributed by atoms with Crippen molar-refractivity contribution >= 4 is 11.6 Å². The van der Waals surface area contributed by atoms with Crippen molar-refractivity contribution < 1.29 is 9.53 Å². The first kappa shape index (κ1) is 18.0. The van der Waals surface area contributed by atoms with Crippen molar-refractivity contribution in [2.75, 3.05) is 18.4 Å². The standard InChI is InChI=1S/C20H20N6O2/c27-19(17-3-1-2-16(25-17)14-4-8-21-9-5-14)26-18-12-23-13-24-20(18)28-15-6-10-22-11-7-15/h1-5,8-9,12-13,15,22H,6-7,10-11H2,(H,26,27). The number of pyridine rings is 2. The minimum atomic E-state index is -0.346. The first-order valence-electron chi connectivity index (χ1n) is 9.16. The molecule has 0 bridgehead atoms. The van der Waals surface area contributed by atoms with Crippen molar-refractivity contribution in [2.45, 2.75) is 18.9 Å². The highest BCUT2D eigenvalue weighted by Gasteiger charge is 2.19. The van der Waals surface area contributed by atoms with E-state index in [1.54, 1.807) is 24.5 Å². The van der Waals surface area contributed by atoms with Gasteiger partial charge in [0.25, 0.3) is 5.91 Å². The summed E-state index contributed by atoms with van der Waals surface area (Å²) in [5.74, 6) is 0.0291. The Balaban J connectivity index is 1.51. The maximum Gasteiger partial charge on any atom is 0.274 e. The second-order valence-electron chi connectivity index (χ2n) is 6.41. The van der Waals surface area contributed by atoms with Crippen LogP contribution in [0.4, 0.5) is 5.69 Å². The smallest absolute Gasteiger partial charge is 0.274 e. The number of anilines is 1. The molecule has 142 valence electrons. The van der Waals surface area contributed by atoms with Crippen LogP contribution in [0.2, 0.25) is 0 Å². The van der Waals surface area contributed by atoms with Gasteiger partial charge >= 0.3 is 0 Å². The van der Waals surface area contributed by atoms with Crippen LogP contribution >= 0.6 is 0 Å². The molecule has 28 heavy (non-hydrogen) atoms. The summed E-state index contributed by atoms with van der Waals surface area (Å²) in [5, 5.41) is 6.11. The van der Waals surface area contributed by atoms with E-state index in [1.165, 1.54) is 12.5 Å². The van der Waals surface area contributed by atoms with Crippen molar-refractivity contribution in [1.29, 1.82) is 0 Å². The van der Waals surface area contributed by atoms with Crippen molar-refractivity contribution in [3.8, 4) is 17.1 Å². The zero-order valence-electron chi connectivity index (χ0n) is 15.2. The summed E-state index contributed by atoms with van der Waals surface area (Å²) in [7, 11) is 0. The topological polar surface area (TPSA) is 102 Å². The van der Waals surface area contributed by atoms with Crippen LogP contribution in [0.25, 0.3) is 11.3 Å². The third-order valence-corrected chi connectivity index (χ3v) is 4.45. The Morgan fingerprint density at radius 3 is 2.75 bits per heavy atom. The molecule has 0 aromatic carbocycles. The van der Waals surface area contributed by atoms with E-state index in [9.17, 15) is 4.79 Å². The summed E-state index contributed by atoms with van der Waals surface area (Å²) < 4.78 is 5.98. The molecule has 8 nitrogen and oxygen atoms in total. The van der Waals surface area contributed by atoms with Gasteiger partial charge in [0, 0.05) is 18.0 Å². The fraction of sp³-hybridized carbons (Fsp3) is 0.250. The normalized spacial score (nSPS) is 14.4. The highest BCUT2D eigenvalue weighted by Crippen LogP contribution is 2.24. The number of hydrogen-bond donors (Lipinski definition) is 2. The maximum atomic E-state index is 12.7. The molecule has 4 rings (SSSR count). The monoisotopic (exact) mass is 376 g/mol. The van der Waals surface area contributed by atoms with Crippen molar-refractivity contribution in [2.24, 2.45) is 0 Å². The zero-order chi connectivity index (χ0) is 19.2. The van der Waals surface area contributed by atoms with E-state index in [-0.39, 0.29) is 12.0 Å². The molecule has 0 aliphatic carbocycles. The first-order valence-corrected chi connectivity index (χ1v) is 9.16. The highest BCUT2D eigenvalue weighted by atomic mass is 16.5. The number of carbonyl (C=O) groups is 1. The van der Waals surface area contributed by atoms with E-state index >= 15 is 0 Å². The van der Waals surface area contributed by atoms with Crippen LogP contribution in [0.15, 0.2) is 55.2 Å². The highest BCUT2D eigenvalue weighted by molar-refractivity contribution is 6.03. The number of piperidine rings is 1. The molecule has 1 fully saturated rings. The van der Waals surface area contributed by atoms with E-state index in [1.807, 2.05) is 18.2 Å². The number of amides is 1. The molecule has 8 heteroatoms. The predicted molar refractivity (Wildman–Crippen MR) is 104 cm³/mol. The number of hydrogen-bond acceptors (Lipinski definition) is 7. The number of nitrogens with zero attached hydrogens (tertiary/aromatic N) is 4. The molecule has 0 atom stereocenters. The number of aromatic nitrogens is 4. The third-order valence-electron chi connectivity index (χ3n) is 4.45. The summed E-state index contributed by atoms with van der Waals surface area (Å²) in [6, 6.07) is 9.01. The Bertz CT molecular complexity index is 944. The average Bonchev–Trinajstić information content (AvgIpc) is 2.76. The number of ether oxygens (including phenoxy) is 1. The Kier molecular flexibility index (Phi) is 5.48. The summed E-state index contributed by atoms with van der Waals surface area (Å²) in [4.78, 5) is 29.4. The van der Waals surface area contributed by atoms with Crippen molar-refractivity contribution in [3.63, 3.8) is 0 Å². The lowest BCUT2D eigenvalue weighted by Gasteiger charge is -2.24. The minimum absolute atomic E-state index is 0.0694. The van der Waals surface area contributed by atoms with Crippen molar-refractivity contribution in [1.82, 2.24) is 25.3 Å². The lowest BCUT2D eigenvalue weighted by Crippen LogP contribution is -2.34. The molecule has 1 aliphatic heterocycles. The van der Waals surface area contributed by atoms with Gasteiger partial charge < -0.3 is 15.4 Å². The molecule has 0 unspecified atom stereocenters. The van der Waals surface area contributed by atoms with E-state index in [0.717, 1.165) is 31.5 Å². The molecule has 0 spiro atoms. The number of rotatable bonds is 5. The first-order chi connectivity index (χ1) is 13.8. The summed E-state index contributed by atoms with van der Waals surface area (Å²) in [5.41, 5.74) is 2.32. The summed E-state index contributed by atoms with van der Waals surface area (Å²) >= 11 is 0. The molecule has 0 radical (unpaired) electrons. The van der Waals surface area contributed by atoms with Gasteiger partial charge in [0.15, 0.2) is 0 Å². The molecule has 1 amide bonds. The van der Waals surface area contributed by atoms with Gasteiger partial charge in [-0.15, -0.1) is 0 Å². The van der Waals surface area contributed by atoms with Crippen LogP contribution in [0.5, 0.6) is 5.88 Å². The average molecular weight is 376 g/mol. The predicted octanol–water partition coefficient (Wildman–Crippen LogP) is 2.32. The van der Waals surface area contributed by atoms with Gasteiger partial charge in [0.1, 0.15) is 23.8 Å². The van der Waals surface area contributed by atoms with Gasteiger partial charge in [-0.3, -0.25) is 9.78 Å². The second kappa shape index (κ2) is 8.53. The molecule has 3 aromatic rings. The number of carbonyl (C=O) groups excluding carboxylic acids is 1. The molecule has 3 aromatic heterocycles. The van der Waals surface area contributed by atoms with Crippen LogP contribution in [0.1, 0.15) is 23.3 Å². The quantitative estimate of drug-likeness (QED) is 0.704. The van der Waals surface area contributed by atoms with Gasteiger partial charge in [-0.05, 0) is 50.2 Å². The van der Waals surface area contributed by atoms with E-state index in [0.29, 0.717) is 23.0 Å². The lowest BCUT2D eigenvalue weighted by atomic mass is 10.1. The van der Waals surface area contributed by atoms with Crippen molar-refractivity contribution in [3.05, 3.63) is 60.9 Å². The summed E-state index contributed by atoms with van der Waals surface area (Å²) in [6.45, 7) is 1.81. The van der Waals surface area contributed by atoms with E-state index in [2.05, 4.69) is 30.6 Å². The molecule has 4 heterocycles. The fourth-order valence-corrected chi connectivity index (χ4v) is 3.00. The Morgan fingerprint density at radius 2 is 1.93 bits per heavy atom. The van der Waals surface area contributed by atoms with Crippen LogP contribution in [-0.4, -0.2) is 45.0 Å².